The number of imidazole rings is 1. The topological polar surface area (TPSA) is 69.4 Å². The van der Waals surface area contributed by atoms with Crippen molar-refractivity contribution in [1.29, 1.82) is 0 Å². The molecule has 0 saturated heterocycles. The van der Waals surface area contributed by atoms with Gasteiger partial charge in [0, 0.05) is 16.1 Å². The highest BCUT2D eigenvalue weighted by molar-refractivity contribution is 7.14. The lowest BCUT2D eigenvalue weighted by molar-refractivity contribution is 0.508. The van der Waals surface area contributed by atoms with Crippen molar-refractivity contribution in [3.05, 3.63) is 53.9 Å². The van der Waals surface area contributed by atoms with E-state index in [-0.39, 0.29) is 5.13 Å². The van der Waals surface area contributed by atoms with Crippen LogP contribution in [-0.4, -0.2) is 20.2 Å². The van der Waals surface area contributed by atoms with Gasteiger partial charge in [0.25, 0.3) is 0 Å². The summed E-state index contributed by atoms with van der Waals surface area (Å²) in [6.07, 6.45) is 6.23. The van der Waals surface area contributed by atoms with Gasteiger partial charge in [0.15, 0.2) is 11.0 Å². The molecule has 0 spiro atoms. The van der Waals surface area contributed by atoms with Gasteiger partial charge in [-0.3, -0.25) is 5.10 Å². The predicted octanol–water partition coefficient (Wildman–Crippen LogP) is 6.96. The molecule has 0 bridgehead atoms. The summed E-state index contributed by atoms with van der Waals surface area (Å²) in [6.45, 7) is 8.68. The molecular weight excluding hydrogens is 397 g/mol. The largest absolute Gasteiger partial charge is 0.356 e. The molecule has 3 N–H and O–H groups in total. The van der Waals surface area contributed by atoms with Gasteiger partial charge in [-0.25, -0.2) is 4.98 Å². The first kappa shape index (κ1) is 20.3. The normalized spacial score (nSPS) is 11.5. The fourth-order valence-corrected chi connectivity index (χ4v) is 4.59. The number of thiophene rings is 1. The van der Waals surface area contributed by atoms with Crippen molar-refractivity contribution in [3.8, 4) is 22.0 Å². The van der Waals surface area contributed by atoms with Gasteiger partial charge in [0.05, 0.1) is 22.9 Å². The van der Waals surface area contributed by atoms with Crippen LogP contribution in [0.5, 0.6) is 0 Å². The third-order valence-corrected chi connectivity index (χ3v) is 6.20. The maximum atomic E-state index is 13.6. The molecule has 0 amide bonds. The summed E-state index contributed by atoms with van der Waals surface area (Å²) in [5, 5.41) is 10.5. The molecule has 3 aromatic heterocycles. The first-order valence-corrected chi connectivity index (χ1v) is 11.2. The van der Waals surface area contributed by atoms with Gasteiger partial charge in [-0.05, 0) is 37.0 Å². The number of hydrogen-bond acceptors (Lipinski definition) is 4. The molecule has 7 heteroatoms. The van der Waals surface area contributed by atoms with E-state index in [1.54, 1.807) is 12.3 Å². The number of nitrogens with zero attached hydrogens (tertiary/aromatic N) is 2. The number of H-pyrrole nitrogens is 2. The number of hydrogen-bond donors (Lipinski definition) is 3. The van der Waals surface area contributed by atoms with Crippen LogP contribution in [0.4, 0.5) is 10.1 Å². The summed E-state index contributed by atoms with van der Waals surface area (Å²) in [7, 11) is 0. The van der Waals surface area contributed by atoms with Gasteiger partial charge in [0.1, 0.15) is 5.69 Å². The highest BCUT2D eigenvalue weighted by atomic mass is 32.1. The summed E-state index contributed by atoms with van der Waals surface area (Å²) in [4.78, 5) is 9.04. The predicted molar refractivity (Wildman–Crippen MR) is 123 cm³/mol. The van der Waals surface area contributed by atoms with Crippen molar-refractivity contribution in [2.45, 2.75) is 39.5 Å². The minimum absolute atomic E-state index is 0.204. The average molecular weight is 424 g/mol. The Kier molecular flexibility index (Phi) is 5.99. The van der Waals surface area contributed by atoms with Gasteiger partial charge in [-0.1, -0.05) is 45.4 Å². The second kappa shape index (κ2) is 8.83. The second-order valence-corrected chi connectivity index (χ2v) is 8.51. The fraction of sp³-hybridized carbons (Fsp3) is 0.304. The number of aromatic amines is 2. The van der Waals surface area contributed by atoms with Gasteiger partial charge in [-0.2, -0.15) is 9.49 Å². The van der Waals surface area contributed by atoms with Crippen LogP contribution in [0, 0.1) is 11.0 Å². The lowest BCUT2D eigenvalue weighted by Gasteiger charge is -2.19. The highest BCUT2D eigenvalue weighted by Gasteiger charge is 2.18. The van der Waals surface area contributed by atoms with Crippen molar-refractivity contribution >= 4 is 28.1 Å². The molecule has 1 aromatic carbocycles. The maximum absolute atomic E-state index is 13.6. The van der Waals surface area contributed by atoms with Crippen LogP contribution >= 0.6 is 11.3 Å². The quantitative estimate of drug-likeness (QED) is 0.272. The van der Waals surface area contributed by atoms with Crippen molar-refractivity contribution in [3.63, 3.8) is 0 Å². The van der Waals surface area contributed by atoms with E-state index >= 15 is 0 Å². The Balaban J connectivity index is 1.66. The van der Waals surface area contributed by atoms with Gasteiger partial charge in [-0.15, -0.1) is 11.3 Å². The molecule has 0 fully saturated rings. The number of halogens is 1. The van der Waals surface area contributed by atoms with E-state index in [2.05, 4.69) is 40.9 Å². The smallest absolute Gasteiger partial charge is 0.176 e. The summed E-state index contributed by atoms with van der Waals surface area (Å²) in [5.41, 5.74) is 5.25. The summed E-state index contributed by atoms with van der Waals surface area (Å²) < 4.78 is 13.6. The van der Waals surface area contributed by atoms with Crippen molar-refractivity contribution in [2.75, 3.05) is 5.32 Å². The van der Waals surface area contributed by atoms with E-state index in [9.17, 15) is 4.39 Å². The van der Waals surface area contributed by atoms with E-state index in [0.717, 1.165) is 75.6 Å². The zero-order chi connectivity index (χ0) is 21.1. The van der Waals surface area contributed by atoms with Crippen LogP contribution in [-0.2, 0) is 0 Å². The number of aromatic nitrogens is 4. The number of rotatable bonds is 9. The third-order valence-electron chi connectivity index (χ3n) is 5.29. The molecule has 0 atom stereocenters. The van der Waals surface area contributed by atoms with Crippen LogP contribution in [0.2, 0.25) is 0 Å². The Hall–Kier alpha value is -2.93. The SMILES string of the molecule is C=C(Nc1cn[nH]c1-c1nc2c(-c3ccc(F)s3)cccc2[nH]1)C(CCC)CCC. The molecule has 4 aromatic rings. The summed E-state index contributed by atoms with van der Waals surface area (Å²) in [6, 6.07) is 9.16. The molecule has 0 aliphatic rings. The standard InChI is InChI=1S/C23H26FN5S/c1-4-7-15(8-5-2)14(3)26-18-13-25-29-22(18)23-27-17-10-6-9-16(21(17)28-23)19-11-12-20(24)30-19/h6,9-13,15,26H,3-5,7-8H2,1-2H3,(H,25,29)(H,27,28). The average Bonchev–Trinajstić information content (AvgIpc) is 3.46. The van der Waals surface area contributed by atoms with Crippen LogP contribution < -0.4 is 5.32 Å². The third kappa shape index (κ3) is 4.03. The molecule has 156 valence electrons. The van der Waals surface area contributed by atoms with Crippen LogP contribution in [0.1, 0.15) is 39.5 Å². The van der Waals surface area contributed by atoms with Crippen molar-refractivity contribution in [1.82, 2.24) is 20.2 Å². The number of nitrogens with one attached hydrogen (secondary N) is 3. The van der Waals surface area contributed by atoms with Crippen molar-refractivity contribution < 1.29 is 4.39 Å². The molecule has 4 rings (SSSR count). The molecule has 30 heavy (non-hydrogen) atoms. The maximum Gasteiger partial charge on any atom is 0.176 e. The minimum atomic E-state index is -0.204. The Bertz CT molecular complexity index is 1150. The van der Waals surface area contributed by atoms with E-state index in [1.807, 2.05) is 18.2 Å². The first-order chi connectivity index (χ1) is 14.6. The summed E-state index contributed by atoms with van der Waals surface area (Å²) in [5.74, 6) is 1.11. The van der Waals surface area contributed by atoms with E-state index < -0.39 is 0 Å². The summed E-state index contributed by atoms with van der Waals surface area (Å²) >= 11 is 1.12. The van der Waals surface area contributed by atoms with E-state index in [1.165, 1.54) is 6.07 Å². The molecule has 0 radical (unpaired) electrons. The number of anilines is 1. The Morgan fingerprint density at radius 2 is 2.00 bits per heavy atom. The lowest BCUT2D eigenvalue weighted by atomic mass is 9.95. The number of allylic oxidation sites excluding steroid dienone is 1. The highest BCUT2D eigenvalue weighted by Crippen LogP contribution is 2.35. The van der Waals surface area contributed by atoms with Crippen LogP contribution in [0.3, 0.4) is 0 Å². The first-order valence-electron chi connectivity index (χ1n) is 10.3. The number of benzene rings is 1. The molecule has 5 nitrogen and oxygen atoms in total. The number of para-hydroxylation sites is 1. The number of fused-ring (bicyclic) bond motifs is 1. The lowest BCUT2D eigenvalue weighted by Crippen LogP contribution is -2.11. The van der Waals surface area contributed by atoms with Gasteiger partial charge < -0.3 is 10.3 Å². The fourth-order valence-electron chi connectivity index (χ4n) is 3.83. The van der Waals surface area contributed by atoms with E-state index in [4.69, 9.17) is 4.98 Å². The minimum Gasteiger partial charge on any atom is -0.356 e. The molecule has 3 heterocycles. The zero-order valence-corrected chi connectivity index (χ0v) is 18.1. The Morgan fingerprint density at radius 1 is 1.20 bits per heavy atom. The van der Waals surface area contributed by atoms with Crippen molar-refractivity contribution in [2.24, 2.45) is 5.92 Å². The van der Waals surface area contributed by atoms with Crippen LogP contribution in [0.15, 0.2) is 48.8 Å². The zero-order valence-electron chi connectivity index (χ0n) is 17.3. The molecule has 0 saturated carbocycles. The molecule has 0 aliphatic carbocycles. The van der Waals surface area contributed by atoms with Gasteiger partial charge >= 0.3 is 0 Å². The molecule has 0 unspecified atom stereocenters. The Labute approximate surface area is 179 Å². The van der Waals surface area contributed by atoms with Crippen LogP contribution in [0.25, 0.3) is 33.0 Å². The molecule has 0 aliphatic heterocycles. The molecular formula is C23H26FN5S. The monoisotopic (exact) mass is 423 g/mol. The second-order valence-electron chi connectivity index (χ2n) is 7.47. The Morgan fingerprint density at radius 3 is 2.70 bits per heavy atom. The van der Waals surface area contributed by atoms with E-state index in [0.29, 0.717) is 11.7 Å². The van der Waals surface area contributed by atoms with Gasteiger partial charge in [0.2, 0.25) is 0 Å².